The van der Waals surface area contributed by atoms with Gasteiger partial charge in [0.05, 0.1) is 0 Å². The molecular weight excluding hydrogens is 334 g/mol. The van der Waals surface area contributed by atoms with Gasteiger partial charge in [-0.3, -0.25) is 29.4 Å². The average Bonchev–Trinajstić information content (AvgIpc) is 2.61. The van der Waals surface area contributed by atoms with Gasteiger partial charge in [0.2, 0.25) is 18.2 Å². The summed E-state index contributed by atoms with van der Waals surface area (Å²) in [5.74, 6) is -1.53. The van der Waals surface area contributed by atoms with Gasteiger partial charge in [-0.05, 0) is 56.3 Å². The second-order valence-electron chi connectivity index (χ2n) is 6.53. The molecule has 7 nitrogen and oxygen atoms in total. The number of nitrogens with one attached hydrogen (secondary N) is 1. The molecule has 1 unspecified atom stereocenters. The predicted octanol–water partition coefficient (Wildman–Crippen LogP) is 1.07. The first-order chi connectivity index (χ1) is 12.5. The zero-order valence-corrected chi connectivity index (χ0v) is 15.0. The SMILES string of the molecule is Cc1cc(CCCCCN)ccc1C(=O)N(C=O)C1CCC(=O)NC1=O. The molecule has 1 aliphatic rings. The Morgan fingerprint density at radius 2 is 2.08 bits per heavy atom. The van der Waals surface area contributed by atoms with Crippen molar-refractivity contribution in [3.63, 3.8) is 0 Å². The van der Waals surface area contributed by atoms with E-state index in [4.69, 9.17) is 5.73 Å². The van der Waals surface area contributed by atoms with Gasteiger partial charge in [0, 0.05) is 12.0 Å². The number of nitrogens with two attached hydrogens (primary N) is 1. The van der Waals surface area contributed by atoms with Gasteiger partial charge < -0.3 is 5.73 Å². The summed E-state index contributed by atoms with van der Waals surface area (Å²) < 4.78 is 0. The molecule has 4 amide bonds. The van der Waals surface area contributed by atoms with Crippen LogP contribution in [0.1, 0.15) is 53.6 Å². The van der Waals surface area contributed by atoms with Gasteiger partial charge in [0.15, 0.2) is 0 Å². The van der Waals surface area contributed by atoms with Crippen LogP contribution >= 0.6 is 0 Å². The zero-order valence-electron chi connectivity index (χ0n) is 15.0. The Morgan fingerprint density at radius 3 is 2.69 bits per heavy atom. The first-order valence-electron chi connectivity index (χ1n) is 8.89. The normalized spacial score (nSPS) is 16.9. The highest BCUT2D eigenvalue weighted by Crippen LogP contribution is 2.19. The van der Waals surface area contributed by atoms with Crippen molar-refractivity contribution in [2.45, 2.75) is 51.5 Å². The van der Waals surface area contributed by atoms with E-state index in [1.807, 2.05) is 19.1 Å². The second-order valence-corrected chi connectivity index (χ2v) is 6.53. The molecular formula is C19H25N3O4. The summed E-state index contributed by atoms with van der Waals surface area (Å²) in [6.07, 6.45) is 4.60. The quantitative estimate of drug-likeness (QED) is 0.410. The molecule has 1 fully saturated rings. The molecule has 0 aliphatic carbocycles. The van der Waals surface area contributed by atoms with E-state index in [-0.39, 0.29) is 18.7 Å². The number of hydrogen-bond donors (Lipinski definition) is 2. The molecule has 0 radical (unpaired) electrons. The molecule has 0 spiro atoms. The van der Waals surface area contributed by atoms with Crippen LogP contribution in [-0.4, -0.2) is 41.6 Å². The maximum Gasteiger partial charge on any atom is 0.261 e. The lowest BCUT2D eigenvalue weighted by molar-refractivity contribution is -0.139. The number of unbranched alkanes of at least 4 members (excludes halogenated alkanes) is 2. The van der Waals surface area contributed by atoms with E-state index in [9.17, 15) is 19.2 Å². The fraction of sp³-hybridized carbons (Fsp3) is 0.474. The molecule has 2 rings (SSSR count). The van der Waals surface area contributed by atoms with Gasteiger partial charge in [-0.15, -0.1) is 0 Å². The highest BCUT2D eigenvalue weighted by atomic mass is 16.2. The van der Waals surface area contributed by atoms with Gasteiger partial charge in [-0.2, -0.15) is 0 Å². The Morgan fingerprint density at radius 1 is 1.31 bits per heavy atom. The monoisotopic (exact) mass is 359 g/mol. The van der Waals surface area contributed by atoms with Gasteiger partial charge in [0.25, 0.3) is 5.91 Å². The number of imide groups is 2. The number of nitrogens with zero attached hydrogens (tertiary/aromatic N) is 1. The minimum Gasteiger partial charge on any atom is -0.330 e. The van der Waals surface area contributed by atoms with E-state index in [1.54, 1.807) is 6.07 Å². The Kier molecular flexibility index (Phi) is 7.03. The van der Waals surface area contributed by atoms with Gasteiger partial charge in [0.1, 0.15) is 6.04 Å². The summed E-state index contributed by atoms with van der Waals surface area (Å²) in [5, 5.41) is 2.17. The maximum atomic E-state index is 12.7. The van der Waals surface area contributed by atoms with Crippen molar-refractivity contribution in [3.8, 4) is 0 Å². The molecule has 1 heterocycles. The number of amides is 4. The first-order valence-corrected chi connectivity index (χ1v) is 8.89. The predicted molar refractivity (Wildman–Crippen MR) is 96.2 cm³/mol. The molecule has 7 heteroatoms. The van der Waals surface area contributed by atoms with E-state index < -0.39 is 17.9 Å². The van der Waals surface area contributed by atoms with Crippen LogP contribution < -0.4 is 11.1 Å². The zero-order chi connectivity index (χ0) is 19.1. The van der Waals surface area contributed by atoms with E-state index in [2.05, 4.69) is 5.32 Å². The second kappa shape index (κ2) is 9.24. The maximum absolute atomic E-state index is 12.7. The van der Waals surface area contributed by atoms with Crippen molar-refractivity contribution in [2.75, 3.05) is 6.54 Å². The van der Waals surface area contributed by atoms with Gasteiger partial charge >= 0.3 is 0 Å². The fourth-order valence-electron chi connectivity index (χ4n) is 3.12. The number of piperidine rings is 1. The van der Waals surface area contributed by atoms with Crippen LogP contribution in [0.5, 0.6) is 0 Å². The minimum atomic E-state index is -0.951. The highest BCUT2D eigenvalue weighted by molar-refractivity contribution is 6.07. The number of benzene rings is 1. The third kappa shape index (κ3) is 4.76. The standard InChI is InChI=1S/C19H25N3O4/c1-13-11-14(5-3-2-4-10-20)6-7-15(13)19(26)22(12-23)16-8-9-17(24)21-18(16)25/h6-7,11-12,16H,2-5,8-10,20H2,1H3,(H,21,24,25). The van der Waals surface area contributed by atoms with Crippen LogP contribution in [0.2, 0.25) is 0 Å². The summed E-state index contributed by atoms with van der Waals surface area (Å²) in [4.78, 5) is 48.3. The smallest absolute Gasteiger partial charge is 0.261 e. The van der Waals surface area contributed by atoms with E-state index in [0.717, 1.165) is 41.7 Å². The summed E-state index contributed by atoms with van der Waals surface area (Å²) in [6, 6.07) is 4.55. The average molecular weight is 359 g/mol. The van der Waals surface area contributed by atoms with Crippen LogP contribution in [0.25, 0.3) is 0 Å². The Balaban J connectivity index is 2.10. The summed E-state index contributed by atoms with van der Waals surface area (Å²) in [7, 11) is 0. The molecule has 0 bridgehead atoms. The van der Waals surface area contributed by atoms with E-state index >= 15 is 0 Å². The van der Waals surface area contributed by atoms with Crippen LogP contribution in [-0.2, 0) is 20.8 Å². The number of carbonyl (C=O) groups is 4. The van der Waals surface area contributed by atoms with E-state index in [1.165, 1.54) is 0 Å². The van der Waals surface area contributed by atoms with Crippen LogP contribution in [0.3, 0.4) is 0 Å². The van der Waals surface area contributed by atoms with Crippen LogP contribution in [0, 0.1) is 6.92 Å². The summed E-state index contributed by atoms with van der Waals surface area (Å²) >= 11 is 0. The number of aryl methyl sites for hydroxylation is 2. The Bertz CT molecular complexity index is 702. The third-order valence-corrected chi connectivity index (χ3v) is 4.58. The van der Waals surface area contributed by atoms with Crippen LogP contribution in [0.4, 0.5) is 0 Å². The molecule has 1 aliphatic heterocycles. The van der Waals surface area contributed by atoms with Gasteiger partial charge in [-0.1, -0.05) is 18.6 Å². The van der Waals surface area contributed by atoms with Gasteiger partial charge in [-0.25, -0.2) is 0 Å². The molecule has 1 aromatic carbocycles. The molecule has 1 saturated heterocycles. The third-order valence-electron chi connectivity index (χ3n) is 4.58. The lowest BCUT2D eigenvalue weighted by Crippen LogP contribution is -2.53. The van der Waals surface area contributed by atoms with E-state index in [0.29, 0.717) is 18.5 Å². The molecule has 26 heavy (non-hydrogen) atoms. The first kappa shape index (κ1) is 19.8. The van der Waals surface area contributed by atoms with Crippen molar-refractivity contribution in [3.05, 3.63) is 34.9 Å². The molecule has 3 N–H and O–H groups in total. The van der Waals surface area contributed by atoms with Crippen molar-refractivity contribution >= 4 is 24.1 Å². The highest BCUT2D eigenvalue weighted by Gasteiger charge is 2.35. The fourth-order valence-corrected chi connectivity index (χ4v) is 3.12. The molecule has 1 aromatic rings. The van der Waals surface area contributed by atoms with Crippen LogP contribution in [0.15, 0.2) is 18.2 Å². The van der Waals surface area contributed by atoms with Crippen molar-refractivity contribution in [2.24, 2.45) is 5.73 Å². The molecule has 140 valence electrons. The summed E-state index contributed by atoms with van der Waals surface area (Å²) in [5.41, 5.74) is 7.75. The number of hydrogen-bond acceptors (Lipinski definition) is 5. The Hall–Kier alpha value is -2.54. The lowest BCUT2D eigenvalue weighted by atomic mass is 9.99. The topological polar surface area (TPSA) is 110 Å². The minimum absolute atomic E-state index is 0.106. The largest absolute Gasteiger partial charge is 0.330 e. The number of carbonyl (C=O) groups excluding carboxylic acids is 4. The van der Waals surface area contributed by atoms with Crippen molar-refractivity contribution in [1.29, 1.82) is 0 Å². The molecule has 0 saturated carbocycles. The molecule has 0 aromatic heterocycles. The molecule has 1 atom stereocenters. The van der Waals surface area contributed by atoms with Crippen molar-refractivity contribution in [1.82, 2.24) is 10.2 Å². The number of rotatable bonds is 8. The summed E-state index contributed by atoms with van der Waals surface area (Å²) in [6.45, 7) is 2.50. The lowest BCUT2D eigenvalue weighted by Gasteiger charge is -2.28. The van der Waals surface area contributed by atoms with Crippen molar-refractivity contribution < 1.29 is 19.2 Å². The Labute approximate surface area is 152 Å².